The van der Waals surface area contributed by atoms with Crippen molar-refractivity contribution in [1.29, 1.82) is 0 Å². The van der Waals surface area contributed by atoms with Gasteiger partial charge in [0.2, 0.25) is 0 Å². The molecule has 1 aliphatic heterocycles. The molecule has 0 radical (unpaired) electrons. The van der Waals surface area contributed by atoms with Crippen molar-refractivity contribution in [3.8, 4) is 10.7 Å². The summed E-state index contributed by atoms with van der Waals surface area (Å²) in [4.78, 5) is 18.2. The molecule has 1 saturated heterocycles. The lowest BCUT2D eigenvalue weighted by Crippen LogP contribution is -2.29. The van der Waals surface area contributed by atoms with Crippen LogP contribution in [0.5, 0.6) is 0 Å². The van der Waals surface area contributed by atoms with E-state index in [1.165, 1.54) is 11.3 Å². The van der Waals surface area contributed by atoms with Gasteiger partial charge in [0.15, 0.2) is 0 Å². The predicted octanol–water partition coefficient (Wildman–Crippen LogP) is 2.99. The smallest absolute Gasteiger partial charge is 0.410 e. The molecule has 7 nitrogen and oxygen atoms in total. The third-order valence-electron chi connectivity index (χ3n) is 4.16. The Kier molecular flexibility index (Phi) is 4.43. The van der Waals surface area contributed by atoms with Gasteiger partial charge in [0.05, 0.1) is 12.2 Å². The van der Waals surface area contributed by atoms with E-state index in [0.717, 1.165) is 22.7 Å². The van der Waals surface area contributed by atoms with Crippen LogP contribution in [-0.4, -0.2) is 44.1 Å². The third-order valence-corrected chi connectivity index (χ3v) is 4.96. The summed E-state index contributed by atoms with van der Waals surface area (Å²) in [6, 6.07) is 9.80. The first-order chi connectivity index (χ1) is 12.3. The van der Waals surface area contributed by atoms with Gasteiger partial charge in [-0.15, -0.1) is 16.4 Å². The van der Waals surface area contributed by atoms with Crippen LogP contribution in [0, 0.1) is 0 Å². The van der Waals surface area contributed by atoms with E-state index >= 15 is 0 Å². The molecule has 0 N–H and O–H groups in total. The summed E-state index contributed by atoms with van der Waals surface area (Å²) in [5.74, 6) is 0. The number of benzene rings is 1. The summed E-state index contributed by atoms with van der Waals surface area (Å²) in [6.07, 6.45) is 4.19. The quantitative estimate of drug-likeness (QED) is 0.719. The van der Waals surface area contributed by atoms with Gasteiger partial charge in [-0.2, -0.15) is 0 Å². The first-order valence-corrected chi connectivity index (χ1v) is 8.95. The number of carbonyl (C=O) groups is 1. The van der Waals surface area contributed by atoms with E-state index in [1.807, 2.05) is 46.6 Å². The van der Waals surface area contributed by atoms with E-state index in [4.69, 9.17) is 4.74 Å². The van der Waals surface area contributed by atoms with Crippen molar-refractivity contribution in [3.63, 3.8) is 0 Å². The molecule has 1 atom stereocenters. The molecule has 0 saturated carbocycles. The number of carbonyl (C=O) groups excluding carboxylic acids is 1. The predicted molar refractivity (Wildman–Crippen MR) is 93.0 cm³/mol. The number of nitrogens with zero attached hydrogens (tertiary/aromatic N) is 5. The van der Waals surface area contributed by atoms with E-state index in [0.29, 0.717) is 19.7 Å². The maximum Gasteiger partial charge on any atom is 0.410 e. The summed E-state index contributed by atoms with van der Waals surface area (Å²) in [5.41, 5.74) is 1.75. The lowest BCUT2D eigenvalue weighted by molar-refractivity contribution is 0.103. The Labute approximate surface area is 148 Å². The molecule has 25 heavy (non-hydrogen) atoms. The average Bonchev–Trinajstić information content (AvgIpc) is 3.40. The van der Waals surface area contributed by atoms with Gasteiger partial charge in [-0.1, -0.05) is 35.5 Å². The molecule has 128 valence electrons. The van der Waals surface area contributed by atoms with Crippen LogP contribution >= 0.6 is 11.3 Å². The van der Waals surface area contributed by atoms with Crippen LogP contribution in [0.1, 0.15) is 18.0 Å². The largest absolute Gasteiger partial charge is 0.445 e. The van der Waals surface area contributed by atoms with Crippen LogP contribution < -0.4 is 0 Å². The molecule has 4 rings (SSSR count). The number of thiazole rings is 1. The second kappa shape index (κ2) is 7.02. The van der Waals surface area contributed by atoms with Crippen molar-refractivity contribution in [2.45, 2.75) is 19.1 Å². The SMILES string of the molecule is O=C(OCc1ccccc1)N1CC[C@@H](n2cc(-c3nccs3)nn2)C1. The molecule has 3 heterocycles. The third kappa shape index (κ3) is 3.53. The molecule has 0 spiro atoms. The molecular weight excluding hydrogens is 338 g/mol. The highest BCUT2D eigenvalue weighted by Gasteiger charge is 2.29. The number of aromatic nitrogens is 4. The van der Waals surface area contributed by atoms with Crippen molar-refractivity contribution in [1.82, 2.24) is 24.9 Å². The van der Waals surface area contributed by atoms with Crippen LogP contribution in [-0.2, 0) is 11.3 Å². The molecule has 0 bridgehead atoms. The van der Waals surface area contributed by atoms with Gasteiger partial charge >= 0.3 is 6.09 Å². The van der Waals surface area contributed by atoms with Crippen LogP contribution in [0.15, 0.2) is 48.1 Å². The normalized spacial score (nSPS) is 17.0. The number of rotatable bonds is 4. The standard InChI is InChI=1S/C17H17N5O2S/c23-17(24-12-13-4-2-1-3-5-13)21-8-6-14(10-21)22-11-15(19-20-22)16-18-7-9-25-16/h1-5,7,9,11,14H,6,8,10,12H2/t14-/m1/s1. The lowest BCUT2D eigenvalue weighted by atomic mass is 10.2. The molecule has 1 aliphatic rings. The molecule has 1 aromatic carbocycles. The van der Waals surface area contributed by atoms with Crippen LogP contribution in [0.25, 0.3) is 10.7 Å². The average molecular weight is 355 g/mol. The Morgan fingerprint density at radius 3 is 3.00 bits per heavy atom. The van der Waals surface area contributed by atoms with Crippen molar-refractivity contribution in [2.24, 2.45) is 0 Å². The number of ether oxygens (including phenoxy) is 1. The van der Waals surface area contributed by atoms with E-state index in [-0.39, 0.29) is 12.1 Å². The maximum absolute atomic E-state index is 12.2. The first kappa shape index (κ1) is 15.8. The van der Waals surface area contributed by atoms with Crippen molar-refractivity contribution < 1.29 is 9.53 Å². The van der Waals surface area contributed by atoms with Crippen LogP contribution in [0.2, 0.25) is 0 Å². The van der Waals surface area contributed by atoms with Gasteiger partial charge < -0.3 is 9.64 Å². The number of hydrogen-bond acceptors (Lipinski definition) is 6. The highest BCUT2D eigenvalue weighted by Crippen LogP contribution is 2.24. The van der Waals surface area contributed by atoms with E-state index in [2.05, 4.69) is 15.3 Å². The minimum atomic E-state index is -0.286. The fourth-order valence-electron chi connectivity index (χ4n) is 2.84. The zero-order valence-electron chi connectivity index (χ0n) is 13.5. The van der Waals surface area contributed by atoms with Gasteiger partial charge in [0, 0.05) is 24.7 Å². The highest BCUT2D eigenvalue weighted by molar-refractivity contribution is 7.13. The Morgan fingerprint density at radius 2 is 2.20 bits per heavy atom. The van der Waals surface area contributed by atoms with Gasteiger partial charge in [-0.3, -0.25) is 0 Å². The summed E-state index contributed by atoms with van der Waals surface area (Å²) in [6.45, 7) is 1.53. The molecular formula is C17H17N5O2S. The second-order valence-corrected chi connectivity index (χ2v) is 6.74. The summed E-state index contributed by atoms with van der Waals surface area (Å²) in [7, 11) is 0. The molecule has 1 amide bonds. The van der Waals surface area contributed by atoms with E-state index < -0.39 is 0 Å². The van der Waals surface area contributed by atoms with E-state index in [1.54, 1.807) is 11.1 Å². The summed E-state index contributed by atoms with van der Waals surface area (Å²) < 4.78 is 7.21. The Morgan fingerprint density at radius 1 is 1.32 bits per heavy atom. The van der Waals surface area contributed by atoms with Crippen LogP contribution in [0.3, 0.4) is 0 Å². The number of amides is 1. The van der Waals surface area contributed by atoms with Gasteiger partial charge in [-0.05, 0) is 12.0 Å². The fraction of sp³-hybridized carbons (Fsp3) is 0.294. The Bertz CT molecular complexity index is 834. The molecule has 0 aliphatic carbocycles. The summed E-state index contributed by atoms with van der Waals surface area (Å²) in [5, 5.41) is 11.1. The lowest BCUT2D eigenvalue weighted by Gasteiger charge is -2.16. The Hall–Kier alpha value is -2.74. The van der Waals surface area contributed by atoms with E-state index in [9.17, 15) is 4.79 Å². The molecule has 2 aromatic heterocycles. The fourth-order valence-corrected chi connectivity index (χ4v) is 3.42. The monoisotopic (exact) mass is 355 g/mol. The molecule has 0 unspecified atom stereocenters. The zero-order valence-corrected chi connectivity index (χ0v) is 14.3. The minimum Gasteiger partial charge on any atom is -0.445 e. The van der Waals surface area contributed by atoms with Gasteiger partial charge in [0.1, 0.15) is 17.3 Å². The van der Waals surface area contributed by atoms with Crippen molar-refractivity contribution in [3.05, 3.63) is 53.7 Å². The summed E-state index contributed by atoms with van der Waals surface area (Å²) >= 11 is 1.53. The zero-order chi connectivity index (χ0) is 17.1. The van der Waals surface area contributed by atoms with Gasteiger partial charge in [-0.25, -0.2) is 14.5 Å². The van der Waals surface area contributed by atoms with Gasteiger partial charge in [0.25, 0.3) is 0 Å². The number of likely N-dealkylation sites (tertiary alicyclic amines) is 1. The highest BCUT2D eigenvalue weighted by atomic mass is 32.1. The Balaban J connectivity index is 1.34. The number of hydrogen-bond donors (Lipinski definition) is 0. The maximum atomic E-state index is 12.2. The van der Waals surface area contributed by atoms with Crippen molar-refractivity contribution >= 4 is 17.4 Å². The molecule has 1 fully saturated rings. The molecule has 8 heteroatoms. The topological polar surface area (TPSA) is 73.1 Å². The molecule has 3 aromatic rings. The second-order valence-electron chi connectivity index (χ2n) is 5.85. The van der Waals surface area contributed by atoms with Crippen LogP contribution in [0.4, 0.5) is 4.79 Å². The minimum absolute atomic E-state index is 0.116. The van der Waals surface area contributed by atoms with Crippen molar-refractivity contribution in [2.75, 3.05) is 13.1 Å². The first-order valence-electron chi connectivity index (χ1n) is 8.07.